The lowest BCUT2D eigenvalue weighted by Gasteiger charge is -2.14. The van der Waals surface area contributed by atoms with Crippen LogP contribution in [-0.2, 0) is 4.74 Å². The SMILES string of the molecule is CCCOCC(C)C(C)C. The Morgan fingerprint density at radius 2 is 1.80 bits per heavy atom. The summed E-state index contributed by atoms with van der Waals surface area (Å²) in [6.45, 7) is 10.7. The van der Waals surface area contributed by atoms with Gasteiger partial charge in [-0.05, 0) is 18.3 Å². The molecule has 1 heteroatoms. The molecule has 62 valence electrons. The van der Waals surface area contributed by atoms with Gasteiger partial charge in [-0.1, -0.05) is 27.7 Å². The fourth-order valence-corrected chi connectivity index (χ4v) is 0.606. The molecule has 0 aromatic heterocycles. The molecule has 0 fully saturated rings. The zero-order chi connectivity index (χ0) is 7.98. The minimum absolute atomic E-state index is 0.701. The molecular formula is C9H20O. The van der Waals surface area contributed by atoms with Crippen molar-refractivity contribution < 1.29 is 4.74 Å². The number of hydrogen-bond donors (Lipinski definition) is 0. The van der Waals surface area contributed by atoms with Crippen LogP contribution in [0.15, 0.2) is 0 Å². The number of ether oxygens (including phenoxy) is 1. The maximum absolute atomic E-state index is 5.41. The fraction of sp³-hybridized carbons (Fsp3) is 1.00. The van der Waals surface area contributed by atoms with E-state index in [1.165, 1.54) is 0 Å². The standard InChI is InChI=1S/C9H20O/c1-5-6-10-7-9(4)8(2)3/h8-9H,5-7H2,1-4H3. The van der Waals surface area contributed by atoms with Gasteiger partial charge in [0.05, 0.1) is 0 Å². The summed E-state index contributed by atoms with van der Waals surface area (Å²) in [5.74, 6) is 1.45. The first kappa shape index (κ1) is 9.96. The molecule has 0 aromatic carbocycles. The Morgan fingerprint density at radius 3 is 2.20 bits per heavy atom. The average molecular weight is 144 g/mol. The Hall–Kier alpha value is -0.0400. The zero-order valence-corrected chi connectivity index (χ0v) is 7.68. The highest BCUT2D eigenvalue weighted by atomic mass is 16.5. The molecule has 0 N–H and O–H groups in total. The highest BCUT2D eigenvalue weighted by molar-refractivity contribution is 4.54. The summed E-state index contributed by atoms with van der Waals surface area (Å²) in [6, 6.07) is 0. The van der Waals surface area contributed by atoms with Crippen LogP contribution in [-0.4, -0.2) is 13.2 Å². The summed E-state index contributed by atoms with van der Waals surface area (Å²) in [5, 5.41) is 0. The van der Waals surface area contributed by atoms with Gasteiger partial charge in [0.2, 0.25) is 0 Å². The Balaban J connectivity index is 3.13. The van der Waals surface area contributed by atoms with Crippen molar-refractivity contribution in [2.45, 2.75) is 34.1 Å². The van der Waals surface area contributed by atoms with Crippen molar-refractivity contribution in [1.82, 2.24) is 0 Å². The Kier molecular flexibility index (Phi) is 5.70. The summed E-state index contributed by atoms with van der Waals surface area (Å²) in [4.78, 5) is 0. The maximum atomic E-state index is 5.41. The molecule has 1 atom stereocenters. The molecule has 0 heterocycles. The molecule has 10 heavy (non-hydrogen) atoms. The van der Waals surface area contributed by atoms with E-state index in [-0.39, 0.29) is 0 Å². The normalized spacial score (nSPS) is 14.1. The van der Waals surface area contributed by atoms with Gasteiger partial charge in [-0.3, -0.25) is 0 Å². The van der Waals surface area contributed by atoms with E-state index in [9.17, 15) is 0 Å². The van der Waals surface area contributed by atoms with E-state index >= 15 is 0 Å². The lowest BCUT2D eigenvalue weighted by Crippen LogP contribution is -2.12. The largest absolute Gasteiger partial charge is 0.381 e. The molecule has 0 spiro atoms. The second-order valence-corrected chi connectivity index (χ2v) is 3.30. The molecule has 0 amide bonds. The van der Waals surface area contributed by atoms with Gasteiger partial charge in [0.15, 0.2) is 0 Å². The van der Waals surface area contributed by atoms with Crippen molar-refractivity contribution in [3.8, 4) is 0 Å². The topological polar surface area (TPSA) is 9.23 Å². The van der Waals surface area contributed by atoms with E-state index in [1.807, 2.05) is 0 Å². The molecule has 0 bridgehead atoms. The predicted molar refractivity (Wildman–Crippen MR) is 45.1 cm³/mol. The molecule has 0 aromatic rings. The average Bonchev–Trinajstić information content (AvgIpc) is 1.88. The van der Waals surface area contributed by atoms with Gasteiger partial charge in [0, 0.05) is 13.2 Å². The van der Waals surface area contributed by atoms with Gasteiger partial charge in [0.25, 0.3) is 0 Å². The van der Waals surface area contributed by atoms with E-state index in [1.54, 1.807) is 0 Å². The van der Waals surface area contributed by atoms with E-state index < -0.39 is 0 Å². The first-order valence-corrected chi connectivity index (χ1v) is 4.26. The maximum Gasteiger partial charge on any atom is 0.0494 e. The third-order valence-corrected chi connectivity index (χ3v) is 1.87. The molecule has 0 saturated heterocycles. The van der Waals surface area contributed by atoms with Gasteiger partial charge >= 0.3 is 0 Å². The summed E-state index contributed by atoms with van der Waals surface area (Å²) in [6.07, 6.45) is 1.13. The van der Waals surface area contributed by atoms with Crippen LogP contribution in [0.5, 0.6) is 0 Å². The Morgan fingerprint density at radius 1 is 1.20 bits per heavy atom. The molecule has 1 unspecified atom stereocenters. The highest BCUT2D eigenvalue weighted by Gasteiger charge is 2.05. The van der Waals surface area contributed by atoms with E-state index in [2.05, 4.69) is 27.7 Å². The van der Waals surface area contributed by atoms with Gasteiger partial charge < -0.3 is 4.74 Å². The van der Waals surface area contributed by atoms with Crippen LogP contribution < -0.4 is 0 Å². The zero-order valence-electron chi connectivity index (χ0n) is 7.68. The molecule has 0 aliphatic heterocycles. The van der Waals surface area contributed by atoms with Crippen molar-refractivity contribution in [3.63, 3.8) is 0 Å². The molecule has 0 saturated carbocycles. The third kappa shape index (κ3) is 4.80. The molecule has 1 nitrogen and oxygen atoms in total. The fourth-order valence-electron chi connectivity index (χ4n) is 0.606. The van der Waals surface area contributed by atoms with Crippen molar-refractivity contribution in [3.05, 3.63) is 0 Å². The molecule has 0 rings (SSSR count). The first-order chi connectivity index (χ1) is 4.68. The quantitative estimate of drug-likeness (QED) is 0.539. The lowest BCUT2D eigenvalue weighted by molar-refractivity contribution is 0.0903. The van der Waals surface area contributed by atoms with Crippen molar-refractivity contribution in [1.29, 1.82) is 0 Å². The van der Waals surface area contributed by atoms with Crippen molar-refractivity contribution in [2.75, 3.05) is 13.2 Å². The third-order valence-electron chi connectivity index (χ3n) is 1.87. The molecular weight excluding hydrogens is 124 g/mol. The van der Waals surface area contributed by atoms with Gasteiger partial charge in [0.1, 0.15) is 0 Å². The van der Waals surface area contributed by atoms with E-state index in [0.29, 0.717) is 5.92 Å². The predicted octanol–water partition coefficient (Wildman–Crippen LogP) is 2.71. The number of hydrogen-bond acceptors (Lipinski definition) is 1. The second-order valence-electron chi connectivity index (χ2n) is 3.30. The van der Waals surface area contributed by atoms with Crippen LogP contribution in [0.25, 0.3) is 0 Å². The molecule has 0 radical (unpaired) electrons. The van der Waals surface area contributed by atoms with Crippen molar-refractivity contribution >= 4 is 0 Å². The summed E-state index contributed by atoms with van der Waals surface area (Å²) in [7, 11) is 0. The smallest absolute Gasteiger partial charge is 0.0494 e. The van der Waals surface area contributed by atoms with Gasteiger partial charge in [-0.25, -0.2) is 0 Å². The van der Waals surface area contributed by atoms with Crippen LogP contribution >= 0.6 is 0 Å². The van der Waals surface area contributed by atoms with Crippen molar-refractivity contribution in [2.24, 2.45) is 11.8 Å². The minimum atomic E-state index is 0.701. The van der Waals surface area contributed by atoms with E-state index in [4.69, 9.17) is 4.74 Å². The van der Waals surface area contributed by atoms with Gasteiger partial charge in [-0.15, -0.1) is 0 Å². The van der Waals surface area contributed by atoms with E-state index in [0.717, 1.165) is 25.6 Å². The van der Waals surface area contributed by atoms with Crippen LogP contribution in [0.1, 0.15) is 34.1 Å². The summed E-state index contributed by atoms with van der Waals surface area (Å²) < 4.78 is 5.41. The van der Waals surface area contributed by atoms with Crippen LogP contribution in [0, 0.1) is 11.8 Å². The first-order valence-electron chi connectivity index (χ1n) is 4.26. The monoisotopic (exact) mass is 144 g/mol. The van der Waals surface area contributed by atoms with Crippen LogP contribution in [0.3, 0.4) is 0 Å². The van der Waals surface area contributed by atoms with Crippen LogP contribution in [0.2, 0.25) is 0 Å². The lowest BCUT2D eigenvalue weighted by atomic mass is 9.99. The Bertz CT molecular complexity index is 69.1. The minimum Gasteiger partial charge on any atom is -0.381 e. The number of rotatable bonds is 5. The highest BCUT2D eigenvalue weighted by Crippen LogP contribution is 2.09. The summed E-state index contributed by atoms with van der Waals surface area (Å²) in [5.41, 5.74) is 0. The Labute approximate surface area is 64.8 Å². The molecule has 0 aliphatic carbocycles. The van der Waals surface area contributed by atoms with Crippen LogP contribution in [0.4, 0.5) is 0 Å². The summed E-state index contributed by atoms with van der Waals surface area (Å²) >= 11 is 0. The van der Waals surface area contributed by atoms with Gasteiger partial charge in [-0.2, -0.15) is 0 Å². The molecule has 0 aliphatic rings. The second kappa shape index (κ2) is 5.72.